The van der Waals surface area contributed by atoms with E-state index in [1.807, 2.05) is 18.2 Å². The highest BCUT2D eigenvalue weighted by Crippen LogP contribution is 2.38. The minimum atomic E-state index is 0.519. The Hall–Kier alpha value is -2.23. The number of aromatic nitrogens is 2. The maximum atomic E-state index is 9.04. The van der Waals surface area contributed by atoms with Crippen LogP contribution in [0.25, 0.3) is 0 Å². The van der Waals surface area contributed by atoms with Crippen LogP contribution in [0, 0.1) is 11.3 Å². The van der Waals surface area contributed by atoms with Crippen LogP contribution in [-0.2, 0) is 13.1 Å². The van der Waals surface area contributed by atoms with Gasteiger partial charge in [-0.1, -0.05) is 17.3 Å². The highest BCUT2D eigenvalue weighted by atomic mass is 16.5. The molecule has 0 atom stereocenters. The molecule has 2 heterocycles. The molecule has 1 aromatic heterocycles. The predicted molar refractivity (Wildman–Crippen MR) is 92.6 cm³/mol. The van der Waals surface area contributed by atoms with Crippen LogP contribution < -0.4 is 0 Å². The Labute approximate surface area is 148 Å². The average Bonchev–Trinajstić information content (AvgIpc) is 3.41. The Bertz CT molecular complexity index is 761. The first-order chi connectivity index (χ1) is 12.3. The summed E-state index contributed by atoms with van der Waals surface area (Å²) in [6.07, 6.45) is 3.51. The Balaban J connectivity index is 1.31. The van der Waals surface area contributed by atoms with E-state index in [-0.39, 0.29) is 0 Å². The second-order valence-electron chi connectivity index (χ2n) is 7.04. The summed E-state index contributed by atoms with van der Waals surface area (Å²) in [5.74, 6) is 2.16. The second-order valence-corrected chi connectivity index (χ2v) is 7.04. The van der Waals surface area contributed by atoms with Crippen LogP contribution >= 0.6 is 0 Å². The number of rotatable bonds is 5. The molecule has 0 bridgehead atoms. The molecule has 0 spiro atoms. The van der Waals surface area contributed by atoms with Crippen molar-refractivity contribution in [3.05, 3.63) is 47.1 Å². The van der Waals surface area contributed by atoms with Gasteiger partial charge in [-0.15, -0.1) is 0 Å². The van der Waals surface area contributed by atoms with E-state index in [9.17, 15) is 0 Å². The fraction of sp³-hybridized carbons (Fsp3) is 0.526. The molecule has 2 aliphatic rings. The van der Waals surface area contributed by atoms with Gasteiger partial charge in [0.25, 0.3) is 0 Å². The summed E-state index contributed by atoms with van der Waals surface area (Å²) in [5.41, 5.74) is 1.94. The number of benzene rings is 1. The van der Waals surface area contributed by atoms with E-state index >= 15 is 0 Å². The minimum absolute atomic E-state index is 0.519. The molecule has 1 saturated carbocycles. The van der Waals surface area contributed by atoms with Gasteiger partial charge in [-0.3, -0.25) is 9.80 Å². The molecular formula is C19H23N5O. The Morgan fingerprint density at radius 1 is 1.12 bits per heavy atom. The van der Waals surface area contributed by atoms with E-state index in [0.717, 1.165) is 63.0 Å². The molecule has 2 fully saturated rings. The molecule has 1 aliphatic heterocycles. The average molecular weight is 337 g/mol. The molecule has 130 valence electrons. The van der Waals surface area contributed by atoms with Crippen LogP contribution in [-0.4, -0.2) is 46.1 Å². The Morgan fingerprint density at radius 2 is 1.92 bits per heavy atom. The van der Waals surface area contributed by atoms with Crippen LogP contribution in [0.15, 0.2) is 28.8 Å². The van der Waals surface area contributed by atoms with Gasteiger partial charge in [0, 0.05) is 25.6 Å². The van der Waals surface area contributed by atoms with E-state index in [4.69, 9.17) is 9.78 Å². The van der Waals surface area contributed by atoms with Crippen molar-refractivity contribution in [2.75, 3.05) is 26.2 Å². The molecule has 6 heteroatoms. The van der Waals surface area contributed by atoms with Crippen molar-refractivity contribution in [1.29, 1.82) is 5.26 Å². The van der Waals surface area contributed by atoms with E-state index in [2.05, 4.69) is 32.1 Å². The molecule has 0 N–H and O–H groups in total. The van der Waals surface area contributed by atoms with E-state index in [1.165, 1.54) is 18.4 Å². The zero-order valence-corrected chi connectivity index (χ0v) is 14.4. The van der Waals surface area contributed by atoms with Gasteiger partial charge in [0.15, 0.2) is 5.82 Å². The smallest absolute Gasteiger partial charge is 0.229 e. The summed E-state index contributed by atoms with van der Waals surface area (Å²) in [5, 5.41) is 13.2. The first-order valence-corrected chi connectivity index (χ1v) is 9.06. The fourth-order valence-electron chi connectivity index (χ4n) is 3.37. The third-order valence-electron chi connectivity index (χ3n) is 4.92. The normalized spacial score (nSPS) is 19.5. The topological polar surface area (TPSA) is 69.2 Å². The lowest BCUT2D eigenvalue weighted by Crippen LogP contribution is -2.30. The maximum absolute atomic E-state index is 9.04. The van der Waals surface area contributed by atoms with Gasteiger partial charge < -0.3 is 4.52 Å². The van der Waals surface area contributed by atoms with Gasteiger partial charge in [-0.2, -0.15) is 10.2 Å². The third-order valence-corrected chi connectivity index (χ3v) is 4.92. The van der Waals surface area contributed by atoms with E-state index in [0.29, 0.717) is 5.92 Å². The van der Waals surface area contributed by atoms with Crippen molar-refractivity contribution in [1.82, 2.24) is 19.9 Å². The monoisotopic (exact) mass is 337 g/mol. The molecule has 25 heavy (non-hydrogen) atoms. The summed E-state index contributed by atoms with van der Waals surface area (Å²) >= 11 is 0. The van der Waals surface area contributed by atoms with E-state index < -0.39 is 0 Å². The van der Waals surface area contributed by atoms with Crippen molar-refractivity contribution in [3.8, 4) is 6.07 Å². The van der Waals surface area contributed by atoms with Gasteiger partial charge in [0.1, 0.15) is 0 Å². The predicted octanol–water partition coefficient (Wildman–Crippen LogP) is 2.53. The van der Waals surface area contributed by atoms with Crippen LogP contribution in [0.5, 0.6) is 0 Å². The largest absolute Gasteiger partial charge is 0.339 e. The van der Waals surface area contributed by atoms with E-state index in [1.54, 1.807) is 0 Å². The molecule has 6 nitrogen and oxygen atoms in total. The zero-order chi connectivity index (χ0) is 17.1. The molecule has 1 saturated heterocycles. The molecule has 0 amide bonds. The molecule has 1 aromatic carbocycles. The summed E-state index contributed by atoms with van der Waals surface area (Å²) < 4.78 is 5.36. The van der Waals surface area contributed by atoms with Crippen LogP contribution in [0.1, 0.15) is 48.0 Å². The molecule has 0 radical (unpaired) electrons. The summed E-state index contributed by atoms with van der Waals surface area (Å²) in [6, 6.07) is 10.1. The number of nitrogens with zero attached hydrogens (tertiary/aromatic N) is 5. The van der Waals surface area contributed by atoms with Crippen molar-refractivity contribution in [2.45, 2.75) is 38.3 Å². The maximum Gasteiger partial charge on any atom is 0.229 e. The molecule has 1 aliphatic carbocycles. The van der Waals surface area contributed by atoms with Crippen molar-refractivity contribution >= 4 is 0 Å². The number of hydrogen-bond acceptors (Lipinski definition) is 6. The minimum Gasteiger partial charge on any atom is -0.339 e. The van der Waals surface area contributed by atoms with Gasteiger partial charge in [-0.05, 0) is 50.0 Å². The second kappa shape index (κ2) is 7.34. The Morgan fingerprint density at radius 3 is 2.68 bits per heavy atom. The molecule has 4 rings (SSSR count). The van der Waals surface area contributed by atoms with Gasteiger partial charge >= 0.3 is 0 Å². The molecule has 0 unspecified atom stereocenters. The fourth-order valence-corrected chi connectivity index (χ4v) is 3.37. The number of hydrogen-bond donors (Lipinski definition) is 0. The van der Waals surface area contributed by atoms with Gasteiger partial charge in [-0.25, -0.2) is 0 Å². The summed E-state index contributed by atoms with van der Waals surface area (Å²) in [6.45, 7) is 5.83. The first kappa shape index (κ1) is 16.2. The third kappa shape index (κ3) is 4.25. The molecule has 2 aromatic rings. The molecular weight excluding hydrogens is 314 g/mol. The van der Waals surface area contributed by atoms with Crippen molar-refractivity contribution < 1.29 is 4.52 Å². The zero-order valence-electron chi connectivity index (χ0n) is 14.4. The Kier molecular flexibility index (Phi) is 4.77. The number of nitriles is 1. The highest BCUT2D eigenvalue weighted by Gasteiger charge is 2.29. The lowest BCUT2D eigenvalue weighted by Gasteiger charge is -2.21. The van der Waals surface area contributed by atoms with Crippen LogP contribution in [0.3, 0.4) is 0 Å². The first-order valence-electron chi connectivity index (χ1n) is 9.06. The summed E-state index contributed by atoms with van der Waals surface area (Å²) in [7, 11) is 0. The van der Waals surface area contributed by atoms with Crippen molar-refractivity contribution in [3.63, 3.8) is 0 Å². The lowest BCUT2D eigenvalue weighted by atomic mass is 10.1. The van der Waals surface area contributed by atoms with Gasteiger partial charge in [0.2, 0.25) is 5.89 Å². The lowest BCUT2D eigenvalue weighted by molar-refractivity contribution is 0.241. The summed E-state index contributed by atoms with van der Waals surface area (Å²) in [4.78, 5) is 9.41. The van der Waals surface area contributed by atoms with Gasteiger partial charge in [0.05, 0.1) is 18.2 Å². The highest BCUT2D eigenvalue weighted by molar-refractivity contribution is 5.32. The van der Waals surface area contributed by atoms with Crippen LogP contribution in [0.4, 0.5) is 0 Å². The SMILES string of the molecule is N#Cc1cccc(CN2CCCN(Cc3noc(C4CC4)n3)CC2)c1. The quantitative estimate of drug-likeness (QED) is 0.835. The standard InChI is InChI=1S/C19H23N5O/c20-12-15-3-1-4-16(11-15)13-23-7-2-8-24(10-9-23)14-18-21-19(25-22-18)17-5-6-17/h1,3-4,11,17H,2,5-10,13-14H2. The van der Waals surface area contributed by atoms with Crippen molar-refractivity contribution in [2.24, 2.45) is 0 Å². The van der Waals surface area contributed by atoms with Crippen LogP contribution in [0.2, 0.25) is 0 Å².